The monoisotopic (exact) mass is 337 g/mol. The van der Waals surface area contributed by atoms with Crippen molar-refractivity contribution in [3.63, 3.8) is 0 Å². The molecule has 0 saturated carbocycles. The Kier molecular flexibility index (Phi) is 20.1. The van der Waals surface area contributed by atoms with Gasteiger partial charge in [-0.05, 0) is 0 Å². The molecule has 21 heavy (non-hydrogen) atoms. The smallest absolute Gasteiger partial charge is 0.673 e. The van der Waals surface area contributed by atoms with Crippen molar-refractivity contribution in [2.24, 2.45) is 0 Å². The Morgan fingerprint density at radius 3 is 1.81 bits per heavy atom. The summed E-state index contributed by atoms with van der Waals surface area (Å²) in [7, 11) is 1.08. The SMILES string of the molecule is CC(C)(C)[NH-].C[Si]C.Cc1cc2ccccc2[cH-]1.[CH3-].[CH3-].[Ti+4]. The van der Waals surface area contributed by atoms with Crippen molar-refractivity contribution < 1.29 is 21.7 Å². The molecule has 2 aromatic rings. The van der Waals surface area contributed by atoms with Crippen LogP contribution in [0.25, 0.3) is 16.5 Å². The van der Waals surface area contributed by atoms with Gasteiger partial charge in [0.05, 0.1) is 0 Å². The fraction of sp³-hybridized carbons (Fsp3) is 0.389. The Labute approximate surface area is 150 Å². The summed E-state index contributed by atoms with van der Waals surface area (Å²) in [4.78, 5) is 0. The van der Waals surface area contributed by atoms with Crippen LogP contribution in [0, 0.1) is 21.8 Å². The molecule has 0 aliphatic carbocycles. The van der Waals surface area contributed by atoms with Crippen molar-refractivity contribution in [2.45, 2.75) is 46.3 Å². The minimum absolute atomic E-state index is 0. The molecule has 1 nitrogen and oxygen atoms in total. The second-order valence-electron chi connectivity index (χ2n) is 5.41. The van der Waals surface area contributed by atoms with Crippen LogP contribution in [0.3, 0.4) is 0 Å². The number of hydrogen-bond donors (Lipinski definition) is 0. The average molecular weight is 337 g/mol. The van der Waals surface area contributed by atoms with Crippen LogP contribution in [0.5, 0.6) is 0 Å². The predicted octanol–water partition coefficient (Wildman–Crippen LogP) is 6.39. The minimum Gasteiger partial charge on any atom is -0.673 e. The molecule has 0 atom stereocenters. The van der Waals surface area contributed by atoms with Crippen molar-refractivity contribution >= 4 is 20.3 Å². The molecule has 0 aliphatic rings. The number of hydrogen-bond acceptors (Lipinski definition) is 0. The molecule has 3 heteroatoms. The van der Waals surface area contributed by atoms with Gasteiger partial charge in [0.15, 0.2) is 0 Å². The number of rotatable bonds is 0. The zero-order chi connectivity index (χ0) is 14.2. The Hall–Kier alpha value is -0.279. The van der Waals surface area contributed by atoms with E-state index >= 15 is 0 Å². The van der Waals surface area contributed by atoms with Gasteiger partial charge >= 0.3 is 21.7 Å². The first-order valence-electron chi connectivity index (χ1n) is 6.23. The van der Waals surface area contributed by atoms with E-state index in [-0.39, 0.29) is 42.1 Å². The number of aryl methyl sites for hydroxylation is 1. The van der Waals surface area contributed by atoms with Gasteiger partial charge < -0.3 is 20.6 Å². The summed E-state index contributed by atoms with van der Waals surface area (Å²) in [5.41, 5.74) is 8.04. The molecule has 1 N–H and O–H groups in total. The summed E-state index contributed by atoms with van der Waals surface area (Å²) >= 11 is 0. The molecular weight excluding hydrogens is 306 g/mol. The van der Waals surface area contributed by atoms with E-state index in [4.69, 9.17) is 5.73 Å². The zero-order valence-electron chi connectivity index (χ0n) is 15.0. The van der Waals surface area contributed by atoms with Crippen LogP contribution in [-0.4, -0.2) is 15.1 Å². The second kappa shape index (κ2) is 14.6. The molecule has 0 unspecified atom stereocenters. The van der Waals surface area contributed by atoms with Gasteiger partial charge in [-0.25, -0.2) is 0 Å². The van der Waals surface area contributed by atoms with Crippen molar-refractivity contribution in [1.82, 2.24) is 0 Å². The molecule has 2 aromatic carbocycles. The van der Waals surface area contributed by atoms with E-state index in [1.807, 2.05) is 20.8 Å². The molecule has 0 aliphatic heterocycles. The van der Waals surface area contributed by atoms with E-state index in [0.717, 1.165) is 9.52 Å². The number of benzene rings is 1. The summed E-state index contributed by atoms with van der Waals surface area (Å²) in [6, 6.07) is 12.8. The fourth-order valence-corrected chi connectivity index (χ4v) is 1.31. The van der Waals surface area contributed by atoms with Gasteiger partial charge in [0.25, 0.3) is 0 Å². The molecule has 0 spiro atoms. The van der Waals surface area contributed by atoms with Gasteiger partial charge in [-0.3, -0.25) is 0 Å². The maximum absolute atomic E-state index is 6.94. The van der Waals surface area contributed by atoms with Crippen LogP contribution in [-0.2, 0) is 21.7 Å². The van der Waals surface area contributed by atoms with Crippen LogP contribution in [0.1, 0.15) is 26.3 Å². The third-order valence-electron chi connectivity index (χ3n) is 1.76. The normalized spacial score (nSPS) is 8.71. The second-order valence-corrected chi connectivity index (χ2v) is 6.41. The minimum atomic E-state index is -0.250. The topological polar surface area (TPSA) is 23.8 Å². The number of nitrogens with one attached hydrogen (secondary N) is 1. The summed E-state index contributed by atoms with van der Waals surface area (Å²) in [6.45, 7) is 12.0. The predicted molar refractivity (Wildman–Crippen MR) is 98.7 cm³/mol. The molecule has 0 amide bonds. The summed E-state index contributed by atoms with van der Waals surface area (Å²) < 4.78 is 0. The van der Waals surface area contributed by atoms with E-state index in [2.05, 4.69) is 56.4 Å². The Morgan fingerprint density at radius 2 is 1.43 bits per heavy atom. The first-order chi connectivity index (χ1) is 8.27. The molecule has 0 bridgehead atoms. The molecule has 0 saturated heterocycles. The maximum atomic E-state index is 6.94. The summed E-state index contributed by atoms with van der Waals surface area (Å²) in [5.74, 6) is 0. The van der Waals surface area contributed by atoms with Crippen molar-refractivity contribution in [3.05, 3.63) is 62.5 Å². The maximum Gasteiger partial charge on any atom is 4.00 e. The molecule has 0 fully saturated rings. The van der Waals surface area contributed by atoms with Crippen molar-refractivity contribution in [2.75, 3.05) is 0 Å². The third-order valence-corrected chi connectivity index (χ3v) is 1.76. The van der Waals surface area contributed by atoms with Gasteiger partial charge in [-0.15, -0.1) is 46.1 Å². The van der Waals surface area contributed by atoms with Gasteiger partial charge in [0, 0.05) is 9.52 Å². The van der Waals surface area contributed by atoms with Crippen LogP contribution < -0.4 is 0 Å². The van der Waals surface area contributed by atoms with Crippen molar-refractivity contribution in [3.8, 4) is 0 Å². The molecule has 0 heterocycles. The Balaban J connectivity index is -0.000000116. The van der Waals surface area contributed by atoms with Crippen LogP contribution in [0.15, 0.2) is 36.4 Å². The quantitative estimate of drug-likeness (QED) is 0.393. The summed E-state index contributed by atoms with van der Waals surface area (Å²) in [6.07, 6.45) is 0. The largest absolute Gasteiger partial charge is 4.00 e. The van der Waals surface area contributed by atoms with Gasteiger partial charge in [-0.1, -0.05) is 46.9 Å². The van der Waals surface area contributed by atoms with Gasteiger partial charge in [0.1, 0.15) is 0 Å². The molecule has 2 radical (unpaired) electrons. The Morgan fingerprint density at radius 1 is 1.05 bits per heavy atom. The zero-order valence-corrected chi connectivity index (χ0v) is 17.5. The van der Waals surface area contributed by atoms with Gasteiger partial charge in [-0.2, -0.15) is 6.07 Å². The van der Waals surface area contributed by atoms with Crippen LogP contribution >= 0.6 is 0 Å². The van der Waals surface area contributed by atoms with E-state index in [1.54, 1.807) is 0 Å². The first-order valence-corrected chi connectivity index (χ1v) is 8.23. The first kappa shape index (κ1) is 28.8. The number of fused-ring (bicyclic) bond motifs is 1. The van der Waals surface area contributed by atoms with E-state index < -0.39 is 0 Å². The average Bonchev–Trinajstić information content (AvgIpc) is 2.56. The van der Waals surface area contributed by atoms with Crippen LogP contribution in [0.2, 0.25) is 13.1 Å². The van der Waals surface area contributed by atoms with E-state index in [9.17, 15) is 0 Å². The molecule has 116 valence electrons. The van der Waals surface area contributed by atoms with Crippen molar-refractivity contribution in [1.29, 1.82) is 0 Å². The standard InChI is InChI=1S/C10H9.C4H10N.C2H6Si.2CH3.Ti/c1-8-6-9-4-2-3-5-10(9)7-8;1-4(2,3)5;1-3-2;;;/h2-7H,1H3;5H,1-3H3;1-2H3;2*1H3;/q2*-1;;2*-1;+4. The Bertz CT molecular complexity index is 405. The van der Waals surface area contributed by atoms with Crippen LogP contribution in [0.4, 0.5) is 0 Å². The van der Waals surface area contributed by atoms with Gasteiger partial charge in [0.2, 0.25) is 0 Å². The summed E-state index contributed by atoms with van der Waals surface area (Å²) in [5, 5.41) is 2.69. The molecule has 2 rings (SSSR count). The fourth-order valence-electron chi connectivity index (χ4n) is 1.31. The third kappa shape index (κ3) is 17.7. The van der Waals surface area contributed by atoms with E-state index in [0.29, 0.717) is 0 Å². The van der Waals surface area contributed by atoms with E-state index in [1.165, 1.54) is 16.3 Å². The molecule has 0 aromatic heterocycles. The molecular formula is C18H31NSiTi.